The van der Waals surface area contributed by atoms with Crippen molar-refractivity contribution in [3.63, 3.8) is 0 Å². The Labute approximate surface area is 367 Å². The second-order valence-electron chi connectivity index (χ2n) is 18.0. The molecule has 0 aromatic rings. The van der Waals surface area contributed by atoms with Gasteiger partial charge in [0.05, 0.1) is 25.9 Å². The fraction of sp³-hybridized carbons (Fsp3) is 0.980. The van der Waals surface area contributed by atoms with Crippen molar-refractivity contribution in [1.82, 2.24) is 5.32 Å². The molecule has 0 radical (unpaired) electrons. The highest BCUT2D eigenvalue weighted by Gasteiger charge is 2.44. The molecule has 1 saturated heterocycles. The Morgan fingerprint density at radius 2 is 0.917 bits per heavy atom. The lowest BCUT2D eigenvalue weighted by Gasteiger charge is -2.40. The molecule has 7 N–H and O–H groups in total. The molecule has 0 bridgehead atoms. The summed E-state index contributed by atoms with van der Waals surface area (Å²) >= 11 is 0. The van der Waals surface area contributed by atoms with E-state index in [2.05, 4.69) is 19.2 Å². The summed E-state index contributed by atoms with van der Waals surface area (Å²) in [7, 11) is 0. The molecule has 0 aliphatic carbocycles. The quantitative estimate of drug-likeness (QED) is 0.0292. The van der Waals surface area contributed by atoms with Crippen molar-refractivity contribution in [2.24, 2.45) is 0 Å². The number of hydrogen-bond acceptors (Lipinski definition) is 10. The van der Waals surface area contributed by atoms with Crippen LogP contribution in [0.1, 0.15) is 232 Å². The van der Waals surface area contributed by atoms with Crippen molar-refractivity contribution in [1.29, 1.82) is 0 Å². The number of aliphatic hydroxyl groups is 6. The largest absolute Gasteiger partial charge is 0.394 e. The Balaban J connectivity index is 2.26. The molecule has 60 heavy (non-hydrogen) atoms. The number of aliphatic hydroxyl groups excluding tert-OH is 6. The second-order valence-corrected chi connectivity index (χ2v) is 18.0. The van der Waals surface area contributed by atoms with Crippen LogP contribution in [0.15, 0.2) is 0 Å². The number of amides is 1. The first-order valence-corrected chi connectivity index (χ1v) is 25.4. The maximum Gasteiger partial charge on any atom is 0.220 e. The summed E-state index contributed by atoms with van der Waals surface area (Å²) in [6.45, 7) is 3.88. The van der Waals surface area contributed by atoms with Crippen LogP contribution in [0.4, 0.5) is 0 Å². The van der Waals surface area contributed by atoms with E-state index < -0.39 is 55.6 Å². The smallest absolute Gasteiger partial charge is 0.220 e. The summed E-state index contributed by atoms with van der Waals surface area (Å²) in [6, 6.07) is -1.06. The van der Waals surface area contributed by atoms with Gasteiger partial charge in [-0.2, -0.15) is 0 Å². The molecule has 1 rings (SSSR count). The van der Waals surface area contributed by atoms with Crippen LogP contribution in [0.5, 0.6) is 0 Å². The van der Waals surface area contributed by atoms with Gasteiger partial charge in [0.15, 0.2) is 6.29 Å². The van der Waals surface area contributed by atoms with Gasteiger partial charge in [0.2, 0.25) is 5.91 Å². The molecule has 11 heteroatoms. The molecule has 0 unspecified atom stereocenters. The number of carbonyl (C=O) groups is 1. The standard InChI is InChI=1S/C49H97NO10/c1-3-5-7-9-11-13-15-16-17-18-19-20-21-22-23-24-25-26-27-28-30-32-34-36-44(53)50-41(39-59-49-48(57)47(56)46(55)43(38-51)60-49)45(54)42(52)40-58-37-35-33-31-29-14-12-10-8-6-4-2/h41-43,45-49,51-52,54-57H,3-40H2,1-2H3,(H,50,53)/t41-,42+,43+,45-,46-,47-,48+,49-/m0/s1. The maximum atomic E-state index is 13.0. The number of unbranched alkanes of at least 4 members (excludes halogenated alkanes) is 31. The van der Waals surface area contributed by atoms with Crippen LogP contribution in [0, 0.1) is 0 Å². The average Bonchev–Trinajstić information content (AvgIpc) is 3.25. The lowest BCUT2D eigenvalue weighted by atomic mass is 9.99. The molecule has 1 fully saturated rings. The molecular formula is C49H97NO10. The first-order valence-electron chi connectivity index (χ1n) is 25.4. The minimum Gasteiger partial charge on any atom is -0.394 e. The van der Waals surface area contributed by atoms with Crippen molar-refractivity contribution < 1.29 is 49.6 Å². The summed E-state index contributed by atoms with van der Waals surface area (Å²) in [5.74, 6) is -0.293. The molecule has 1 aliphatic heterocycles. The highest BCUT2D eigenvalue weighted by molar-refractivity contribution is 5.76. The van der Waals surface area contributed by atoms with Gasteiger partial charge in [0.25, 0.3) is 0 Å². The van der Waals surface area contributed by atoms with Gasteiger partial charge in [0.1, 0.15) is 36.6 Å². The van der Waals surface area contributed by atoms with Gasteiger partial charge in [-0.05, 0) is 12.8 Å². The minimum atomic E-state index is -1.63. The summed E-state index contributed by atoms with van der Waals surface area (Å²) in [5.41, 5.74) is 0. The van der Waals surface area contributed by atoms with Gasteiger partial charge < -0.3 is 50.2 Å². The number of ether oxygens (including phenoxy) is 3. The molecule has 8 atom stereocenters. The molecule has 0 aromatic carbocycles. The summed E-state index contributed by atoms with van der Waals surface area (Å²) < 4.78 is 16.8. The van der Waals surface area contributed by atoms with E-state index in [9.17, 15) is 35.4 Å². The number of rotatable bonds is 44. The Kier molecular flexibility index (Phi) is 38.9. The fourth-order valence-electron chi connectivity index (χ4n) is 8.24. The first-order chi connectivity index (χ1) is 29.3. The average molecular weight is 860 g/mol. The van der Waals surface area contributed by atoms with Gasteiger partial charge in [-0.15, -0.1) is 0 Å². The number of nitrogens with one attached hydrogen (secondary N) is 1. The van der Waals surface area contributed by atoms with Gasteiger partial charge in [-0.25, -0.2) is 0 Å². The Hall–Kier alpha value is -0.890. The number of hydrogen-bond donors (Lipinski definition) is 7. The topological polar surface area (TPSA) is 178 Å². The Bertz CT molecular complexity index is 929. The van der Waals surface area contributed by atoms with Crippen LogP contribution in [-0.4, -0.2) is 112 Å². The second kappa shape index (κ2) is 40.9. The SMILES string of the molecule is CCCCCCCCCCCCCCCCCCCCCCCCCC(=O)N[C@@H](CO[C@H]1O[C@H](CO)[C@H](O)[C@H](O)[C@H]1O)[C@H](O)[C@H](O)COCCCCCCCCCCCC. The van der Waals surface area contributed by atoms with E-state index in [0.717, 1.165) is 38.5 Å². The van der Waals surface area contributed by atoms with Crippen molar-refractivity contribution in [2.45, 2.75) is 281 Å². The van der Waals surface area contributed by atoms with E-state index in [0.29, 0.717) is 13.0 Å². The molecule has 1 heterocycles. The summed E-state index contributed by atoms with van der Waals surface area (Å²) in [4.78, 5) is 13.0. The van der Waals surface area contributed by atoms with Crippen molar-refractivity contribution >= 4 is 5.91 Å². The first kappa shape index (κ1) is 57.1. The third-order valence-electron chi connectivity index (χ3n) is 12.4. The monoisotopic (exact) mass is 860 g/mol. The lowest BCUT2D eigenvalue weighted by molar-refractivity contribution is -0.303. The molecule has 0 aromatic heterocycles. The van der Waals surface area contributed by atoms with E-state index in [4.69, 9.17) is 14.2 Å². The van der Waals surface area contributed by atoms with Crippen LogP contribution in [0.25, 0.3) is 0 Å². The Morgan fingerprint density at radius 3 is 1.32 bits per heavy atom. The molecule has 0 spiro atoms. The van der Waals surface area contributed by atoms with E-state index in [1.54, 1.807) is 0 Å². The molecular weight excluding hydrogens is 763 g/mol. The molecule has 358 valence electrons. The molecule has 1 amide bonds. The summed E-state index contributed by atoms with van der Waals surface area (Å²) in [5, 5.41) is 64.9. The molecule has 1 aliphatic rings. The highest BCUT2D eigenvalue weighted by Crippen LogP contribution is 2.23. The van der Waals surface area contributed by atoms with Gasteiger partial charge in [0, 0.05) is 13.0 Å². The summed E-state index contributed by atoms with van der Waals surface area (Å²) in [6.07, 6.45) is 32.1. The number of carbonyl (C=O) groups excluding carboxylic acids is 1. The predicted molar refractivity (Wildman–Crippen MR) is 243 cm³/mol. The van der Waals surface area contributed by atoms with E-state index in [-0.39, 0.29) is 25.5 Å². The van der Waals surface area contributed by atoms with E-state index in [1.165, 1.54) is 167 Å². The van der Waals surface area contributed by atoms with Crippen LogP contribution >= 0.6 is 0 Å². The van der Waals surface area contributed by atoms with Crippen LogP contribution in [0.2, 0.25) is 0 Å². The van der Waals surface area contributed by atoms with Crippen molar-refractivity contribution in [2.75, 3.05) is 26.4 Å². The molecule has 0 saturated carbocycles. The van der Waals surface area contributed by atoms with Gasteiger partial charge >= 0.3 is 0 Å². The lowest BCUT2D eigenvalue weighted by Crippen LogP contribution is -2.60. The zero-order valence-corrected chi connectivity index (χ0v) is 38.8. The highest BCUT2D eigenvalue weighted by atomic mass is 16.7. The van der Waals surface area contributed by atoms with Crippen LogP contribution in [0.3, 0.4) is 0 Å². The van der Waals surface area contributed by atoms with Crippen LogP contribution in [-0.2, 0) is 19.0 Å². The van der Waals surface area contributed by atoms with Gasteiger partial charge in [-0.1, -0.05) is 213 Å². The zero-order valence-electron chi connectivity index (χ0n) is 38.8. The fourth-order valence-corrected chi connectivity index (χ4v) is 8.24. The van der Waals surface area contributed by atoms with Gasteiger partial charge in [-0.3, -0.25) is 4.79 Å². The third kappa shape index (κ3) is 30.2. The maximum absolute atomic E-state index is 13.0. The molecule has 11 nitrogen and oxygen atoms in total. The van der Waals surface area contributed by atoms with Crippen molar-refractivity contribution in [3.8, 4) is 0 Å². The Morgan fingerprint density at radius 1 is 0.533 bits per heavy atom. The minimum absolute atomic E-state index is 0.121. The van der Waals surface area contributed by atoms with E-state index >= 15 is 0 Å². The van der Waals surface area contributed by atoms with Crippen LogP contribution < -0.4 is 5.32 Å². The predicted octanol–water partition coefficient (Wildman–Crippen LogP) is 9.33. The normalized spacial score (nSPS) is 21.0. The van der Waals surface area contributed by atoms with E-state index in [1.807, 2.05) is 0 Å². The van der Waals surface area contributed by atoms with Crippen molar-refractivity contribution in [3.05, 3.63) is 0 Å². The zero-order chi connectivity index (χ0) is 43.9. The third-order valence-corrected chi connectivity index (χ3v) is 12.4.